The largest absolute Gasteiger partial charge is 0.399 e. The minimum atomic E-state index is 0. The van der Waals surface area contributed by atoms with Crippen LogP contribution in [0.2, 0.25) is 0 Å². The maximum Gasteiger partial charge on any atom is 0.104 e. The van der Waals surface area contributed by atoms with E-state index in [0.717, 1.165) is 22.5 Å². The Bertz CT molecular complexity index is 390. The van der Waals surface area contributed by atoms with Crippen LogP contribution < -0.4 is 5.73 Å². The van der Waals surface area contributed by atoms with Gasteiger partial charge in [-0.25, -0.2) is 4.98 Å². The molecular formula is C11H19N3. The van der Waals surface area contributed by atoms with Gasteiger partial charge in [-0.3, -0.25) is 0 Å². The quantitative estimate of drug-likeness (QED) is 0.631. The van der Waals surface area contributed by atoms with Crippen LogP contribution in [0.4, 0.5) is 5.69 Å². The topological polar surface area (TPSA) is 54.7 Å². The highest BCUT2D eigenvalue weighted by Gasteiger charge is 1.97. The number of fused-ring (bicyclic) bond motifs is 1. The number of nitrogen functional groups attached to an aromatic ring is 1. The molecule has 0 saturated carbocycles. The van der Waals surface area contributed by atoms with E-state index in [0.29, 0.717) is 0 Å². The van der Waals surface area contributed by atoms with Gasteiger partial charge in [0.15, 0.2) is 0 Å². The van der Waals surface area contributed by atoms with Crippen molar-refractivity contribution >= 4 is 16.7 Å². The number of hydrogen-bond acceptors (Lipinski definition) is 2. The number of benzene rings is 1. The molecule has 0 aliphatic heterocycles. The number of aromatic nitrogens is 2. The summed E-state index contributed by atoms with van der Waals surface area (Å²) >= 11 is 0. The molecule has 0 fully saturated rings. The second kappa shape index (κ2) is 5.27. The van der Waals surface area contributed by atoms with E-state index in [1.54, 1.807) is 0 Å². The minimum Gasteiger partial charge on any atom is -0.399 e. The average molecular weight is 193 g/mol. The lowest BCUT2D eigenvalue weighted by molar-refractivity contribution is 1.17. The average Bonchev–Trinajstić information content (AvgIpc) is 2.48. The number of aromatic amines is 1. The van der Waals surface area contributed by atoms with Crippen molar-refractivity contribution in [2.24, 2.45) is 0 Å². The van der Waals surface area contributed by atoms with Crippen LogP contribution in [-0.2, 0) is 0 Å². The van der Waals surface area contributed by atoms with Gasteiger partial charge < -0.3 is 10.7 Å². The molecule has 0 aliphatic rings. The summed E-state index contributed by atoms with van der Waals surface area (Å²) in [6, 6.07) is 5.64. The van der Waals surface area contributed by atoms with Crippen LogP contribution in [0, 0.1) is 6.92 Å². The van der Waals surface area contributed by atoms with Crippen LogP contribution >= 0.6 is 0 Å². The first-order valence-electron chi connectivity index (χ1n) is 4.47. The second-order valence-corrected chi connectivity index (χ2v) is 2.60. The number of nitrogens with one attached hydrogen (secondary N) is 1. The first-order valence-corrected chi connectivity index (χ1v) is 4.47. The molecule has 0 atom stereocenters. The van der Waals surface area contributed by atoms with Crippen molar-refractivity contribution < 1.29 is 0 Å². The third kappa shape index (κ3) is 2.49. The molecule has 78 valence electrons. The number of hydrogen-bond donors (Lipinski definition) is 2. The Balaban J connectivity index is 0.000000531. The van der Waals surface area contributed by atoms with E-state index in [4.69, 9.17) is 5.73 Å². The molecule has 0 aliphatic carbocycles. The number of nitrogens with two attached hydrogens (primary N) is 1. The molecule has 1 aromatic carbocycles. The lowest BCUT2D eigenvalue weighted by Crippen LogP contribution is -1.82. The van der Waals surface area contributed by atoms with Gasteiger partial charge in [-0.1, -0.05) is 21.3 Å². The minimum absolute atomic E-state index is 0. The van der Waals surface area contributed by atoms with Crippen molar-refractivity contribution in [1.29, 1.82) is 0 Å². The van der Waals surface area contributed by atoms with Gasteiger partial charge in [-0.15, -0.1) is 0 Å². The fourth-order valence-corrected chi connectivity index (χ4v) is 1.15. The van der Waals surface area contributed by atoms with Crippen LogP contribution in [-0.4, -0.2) is 9.97 Å². The van der Waals surface area contributed by atoms with E-state index in [-0.39, 0.29) is 7.43 Å². The molecule has 0 bridgehead atoms. The lowest BCUT2D eigenvalue weighted by Gasteiger charge is -1.89. The van der Waals surface area contributed by atoms with Gasteiger partial charge in [-0.05, 0) is 25.1 Å². The van der Waals surface area contributed by atoms with Crippen LogP contribution in [0.15, 0.2) is 18.2 Å². The zero-order valence-corrected chi connectivity index (χ0v) is 8.26. The van der Waals surface area contributed by atoms with Crippen molar-refractivity contribution in [2.45, 2.75) is 28.2 Å². The lowest BCUT2D eigenvalue weighted by atomic mass is 10.3. The van der Waals surface area contributed by atoms with E-state index in [1.807, 2.05) is 39.0 Å². The molecule has 0 radical (unpaired) electrons. The summed E-state index contributed by atoms with van der Waals surface area (Å²) in [6.07, 6.45) is 0. The Labute approximate surface area is 85.4 Å². The SMILES string of the molecule is C.CC.Cc1nc2ccc(N)cc2[nH]1. The van der Waals surface area contributed by atoms with Crippen molar-refractivity contribution in [1.82, 2.24) is 9.97 Å². The summed E-state index contributed by atoms with van der Waals surface area (Å²) in [7, 11) is 0. The molecule has 0 saturated heterocycles. The highest BCUT2D eigenvalue weighted by atomic mass is 14.9. The van der Waals surface area contributed by atoms with E-state index in [2.05, 4.69) is 9.97 Å². The molecule has 2 aromatic rings. The molecule has 2 rings (SSSR count). The highest BCUT2D eigenvalue weighted by molar-refractivity contribution is 5.78. The normalized spacial score (nSPS) is 8.79. The smallest absolute Gasteiger partial charge is 0.104 e. The number of anilines is 1. The van der Waals surface area contributed by atoms with Crippen LogP contribution in [0.3, 0.4) is 0 Å². The maximum atomic E-state index is 5.59. The maximum absolute atomic E-state index is 5.59. The van der Waals surface area contributed by atoms with Gasteiger partial charge in [0.05, 0.1) is 11.0 Å². The summed E-state index contributed by atoms with van der Waals surface area (Å²) in [5.74, 6) is 0.922. The molecule has 3 heteroatoms. The first-order chi connectivity index (χ1) is 6.25. The van der Waals surface area contributed by atoms with Crippen LogP contribution in [0.1, 0.15) is 27.1 Å². The Morgan fingerprint density at radius 2 is 1.93 bits per heavy atom. The fourth-order valence-electron chi connectivity index (χ4n) is 1.15. The van der Waals surface area contributed by atoms with Crippen LogP contribution in [0.25, 0.3) is 11.0 Å². The summed E-state index contributed by atoms with van der Waals surface area (Å²) in [5.41, 5.74) is 8.32. The predicted octanol–water partition coefficient (Wildman–Crippen LogP) is 3.12. The number of imidazole rings is 1. The third-order valence-corrected chi connectivity index (χ3v) is 1.62. The zero-order chi connectivity index (χ0) is 9.84. The standard InChI is InChI=1S/C8H9N3.C2H6.CH4/c1-5-10-7-3-2-6(9)4-8(7)11-5;1-2;/h2-4H,9H2,1H3,(H,10,11);1-2H3;1H4. The van der Waals surface area contributed by atoms with Gasteiger partial charge in [0.2, 0.25) is 0 Å². The molecular weight excluding hydrogens is 174 g/mol. The predicted molar refractivity (Wildman–Crippen MR) is 63.3 cm³/mol. The van der Waals surface area contributed by atoms with Crippen molar-refractivity contribution in [3.8, 4) is 0 Å². The monoisotopic (exact) mass is 193 g/mol. The van der Waals surface area contributed by atoms with Gasteiger partial charge in [-0.2, -0.15) is 0 Å². The van der Waals surface area contributed by atoms with Gasteiger partial charge in [0.1, 0.15) is 5.82 Å². The van der Waals surface area contributed by atoms with Crippen molar-refractivity contribution in [3.63, 3.8) is 0 Å². The van der Waals surface area contributed by atoms with Gasteiger partial charge >= 0.3 is 0 Å². The molecule has 0 unspecified atom stereocenters. The Morgan fingerprint density at radius 1 is 1.29 bits per heavy atom. The van der Waals surface area contributed by atoms with Gasteiger partial charge in [0.25, 0.3) is 0 Å². The van der Waals surface area contributed by atoms with Crippen molar-refractivity contribution in [2.75, 3.05) is 5.73 Å². The van der Waals surface area contributed by atoms with E-state index < -0.39 is 0 Å². The fraction of sp³-hybridized carbons (Fsp3) is 0.364. The Kier molecular flexibility index (Phi) is 4.70. The summed E-state index contributed by atoms with van der Waals surface area (Å²) < 4.78 is 0. The molecule has 3 N–H and O–H groups in total. The number of aryl methyl sites for hydroxylation is 1. The van der Waals surface area contributed by atoms with Crippen LogP contribution in [0.5, 0.6) is 0 Å². The summed E-state index contributed by atoms with van der Waals surface area (Å²) in [6.45, 7) is 5.93. The molecule has 14 heavy (non-hydrogen) atoms. The number of rotatable bonds is 0. The molecule has 1 aromatic heterocycles. The van der Waals surface area contributed by atoms with Gasteiger partial charge in [0, 0.05) is 5.69 Å². The van der Waals surface area contributed by atoms with Crippen molar-refractivity contribution in [3.05, 3.63) is 24.0 Å². The number of H-pyrrole nitrogens is 1. The van der Waals surface area contributed by atoms with E-state index in [9.17, 15) is 0 Å². The molecule has 0 spiro atoms. The highest BCUT2D eigenvalue weighted by Crippen LogP contribution is 2.13. The second-order valence-electron chi connectivity index (χ2n) is 2.60. The Hall–Kier alpha value is -1.51. The zero-order valence-electron chi connectivity index (χ0n) is 8.26. The Morgan fingerprint density at radius 3 is 2.57 bits per heavy atom. The first kappa shape index (κ1) is 12.5. The molecule has 3 nitrogen and oxygen atoms in total. The third-order valence-electron chi connectivity index (χ3n) is 1.62. The van der Waals surface area contributed by atoms with E-state index in [1.165, 1.54) is 0 Å². The summed E-state index contributed by atoms with van der Waals surface area (Å²) in [4.78, 5) is 7.35. The molecule has 0 amide bonds. The number of nitrogens with zero attached hydrogens (tertiary/aromatic N) is 1. The summed E-state index contributed by atoms with van der Waals surface area (Å²) in [5, 5.41) is 0. The molecule has 1 heterocycles. The van der Waals surface area contributed by atoms with E-state index >= 15 is 0 Å².